The van der Waals surface area contributed by atoms with Crippen LogP contribution < -0.4 is 10.5 Å². The number of anilines is 1. The van der Waals surface area contributed by atoms with Gasteiger partial charge in [-0.15, -0.1) is 0 Å². The number of benzene rings is 2. The Morgan fingerprint density at radius 3 is 2.58 bits per heavy atom. The van der Waals surface area contributed by atoms with Crippen molar-refractivity contribution in [3.63, 3.8) is 0 Å². The number of fused-ring (bicyclic) bond motifs is 1. The van der Waals surface area contributed by atoms with Crippen molar-refractivity contribution in [1.29, 1.82) is 0 Å². The molecule has 3 aromatic rings. The van der Waals surface area contributed by atoms with Crippen LogP contribution in [0.1, 0.15) is 5.56 Å². The first-order chi connectivity index (χ1) is 9.24. The summed E-state index contributed by atoms with van der Waals surface area (Å²) in [5.41, 5.74) is 8.50. The number of para-hydroxylation sites is 1. The smallest absolute Gasteiger partial charge is 0.138 e. The summed E-state index contributed by atoms with van der Waals surface area (Å²) in [6, 6.07) is 15.3. The van der Waals surface area contributed by atoms with Gasteiger partial charge in [-0.05, 0) is 48.9 Å². The van der Waals surface area contributed by atoms with Gasteiger partial charge in [-0.3, -0.25) is 4.98 Å². The van der Waals surface area contributed by atoms with Crippen LogP contribution >= 0.6 is 0 Å². The van der Waals surface area contributed by atoms with Crippen LogP contribution in [0, 0.1) is 6.92 Å². The van der Waals surface area contributed by atoms with Crippen molar-refractivity contribution in [2.45, 2.75) is 6.92 Å². The van der Waals surface area contributed by atoms with Crippen LogP contribution in [0.4, 0.5) is 5.69 Å². The number of nitrogens with zero attached hydrogens (tertiary/aromatic N) is 1. The van der Waals surface area contributed by atoms with Crippen LogP contribution in [0.25, 0.3) is 10.9 Å². The Balaban J connectivity index is 2.06. The van der Waals surface area contributed by atoms with Gasteiger partial charge in [-0.1, -0.05) is 12.1 Å². The van der Waals surface area contributed by atoms with E-state index in [1.807, 2.05) is 55.5 Å². The third-order valence-corrected chi connectivity index (χ3v) is 3.04. The van der Waals surface area contributed by atoms with E-state index in [2.05, 4.69) is 4.98 Å². The van der Waals surface area contributed by atoms with Crippen molar-refractivity contribution in [2.24, 2.45) is 0 Å². The highest BCUT2D eigenvalue weighted by Gasteiger charge is 2.05. The molecule has 3 heteroatoms. The van der Waals surface area contributed by atoms with Crippen molar-refractivity contribution in [3.05, 3.63) is 60.3 Å². The first-order valence-electron chi connectivity index (χ1n) is 6.12. The van der Waals surface area contributed by atoms with Crippen LogP contribution in [-0.2, 0) is 0 Å². The molecule has 0 saturated heterocycles. The summed E-state index contributed by atoms with van der Waals surface area (Å²) >= 11 is 0. The summed E-state index contributed by atoms with van der Waals surface area (Å²) in [5.74, 6) is 1.57. The zero-order valence-corrected chi connectivity index (χ0v) is 10.6. The Kier molecular flexibility index (Phi) is 2.80. The monoisotopic (exact) mass is 250 g/mol. The van der Waals surface area contributed by atoms with Gasteiger partial charge in [0.05, 0.1) is 5.52 Å². The fourth-order valence-electron chi connectivity index (χ4n) is 2.05. The predicted octanol–water partition coefficient (Wildman–Crippen LogP) is 3.92. The standard InChI is InChI=1S/C16H14N2O/c1-11-3-2-4-14-15(9-10-18-16(11)14)19-13-7-5-12(17)6-8-13/h2-10H,17H2,1H3. The van der Waals surface area contributed by atoms with Gasteiger partial charge in [0.1, 0.15) is 11.5 Å². The first-order valence-corrected chi connectivity index (χ1v) is 6.12. The van der Waals surface area contributed by atoms with Crippen LogP contribution in [0.2, 0.25) is 0 Å². The topological polar surface area (TPSA) is 48.1 Å². The van der Waals surface area contributed by atoms with E-state index in [1.54, 1.807) is 6.20 Å². The van der Waals surface area contributed by atoms with E-state index in [-0.39, 0.29) is 0 Å². The van der Waals surface area contributed by atoms with E-state index < -0.39 is 0 Å². The first kappa shape index (κ1) is 11.5. The fourth-order valence-corrected chi connectivity index (χ4v) is 2.05. The van der Waals surface area contributed by atoms with Crippen molar-refractivity contribution in [2.75, 3.05) is 5.73 Å². The van der Waals surface area contributed by atoms with Gasteiger partial charge in [0.25, 0.3) is 0 Å². The highest BCUT2D eigenvalue weighted by molar-refractivity contribution is 5.87. The zero-order chi connectivity index (χ0) is 13.2. The molecule has 0 spiro atoms. The van der Waals surface area contributed by atoms with Crippen molar-refractivity contribution < 1.29 is 4.74 Å². The second-order valence-electron chi connectivity index (χ2n) is 4.45. The molecule has 2 aromatic carbocycles. The fraction of sp³-hybridized carbons (Fsp3) is 0.0625. The molecule has 2 N–H and O–H groups in total. The SMILES string of the molecule is Cc1cccc2c(Oc3ccc(N)cc3)ccnc12. The number of nitrogens with two attached hydrogens (primary N) is 1. The van der Waals surface area contributed by atoms with Gasteiger partial charge < -0.3 is 10.5 Å². The number of aryl methyl sites for hydroxylation is 1. The molecule has 0 fully saturated rings. The van der Waals surface area contributed by atoms with E-state index in [9.17, 15) is 0 Å². The van der Waals surface area contributed by atoms with Crippen molar-refractivity contribution in [1.82, 2.24) is 4.98 Å². The maximum atomic E-state index is 5.91. The lowest BCUT2D eigenvalue weighted by atomic mass is 10.1. The Labute approximate surface area is 111 Å². The normalized spacial score (nSPS) is 10.6. The van der Waals surface area contributed by atoms with Crippen molar-refractivity contribution in [3.8, 4) is 11.5 Å². The van der Waals surface area contributed by atoms with E-state index in [0.717, 1.165) is 33.7 Å². The molecule has 0 atom stereocenters. The lowest BCUT2D eigenvalue weighted by Gasteiger charge is -2.09. The third-order valence-electron chi connectivity index (χ3n) is 3.04. The van der Waals surface area contributed by atoms with E-state index in [0.29, 0.717) is 0 Å². The molecule has 0 saturated carbocycles. The Bertz CT molecular complexity index is 720. The van der Waals surface area contributed by atoms with Crippen LogP contribution in [0.3, 0.4) is 0 Å². The van der Waals surface area contributed by atoms with Crippen LogP contribution in [0.5, 0.6) is 11.5 Å². The number of ether oxygens (including phenoxy) is 1. The molecular weight excluding hydrogens is 236 g/mol. The average molecular weight is 250 g/mol. The molecule has 0 bridgehead atoms. The lowest BCUT2D eigenvalue weighted by molar-refractivity contribution is 0.488. The Morgan fingerprint density at radius 2 is 1.79 bits per heavy atom. The largest absolute Gasteiger partial charge is 0.457 e. The summed E-state index contributed by atoms with van der Waals surface area (Å²) in [6.45, 7) is 2.04. The molecule has 0 aliphatic heterocycles. The maximum Gasteiger partial charge on any atom is 0.138 e. The van der Waals surface area contributed by atoms with Gasteiger partial charge in [0, 0.05) is 17.3 Å². The molecule has 3 nitrogen and oxygen atoms in total. The number of hydrogen-bond acceptors (Lipinski definition) is 3. The average Bonchev–Trinajstić information content (AvgIpc) is 2.43. The van der Waals surface area contributed by atoms with Crippen LogP contribution in [0.15, 0.2) is 54.7 Å². The lowest BCUT2D eigenvalue weighted by Crippen LogP contribution is -1.90. The van der Waals surface area contributed by atoms with Gasteiger partial charge in [0.15, 0.2) is 0 Å². The highest BCUT2D eigenvalue weighted by Crippen LogP contribution is 2.30. The molecule has 0 aliphatic rings. The van der Waals surface area contributed by atoms with E-state index in [4.69, 9.17) is 10.5 Å². The number of pyridine rings is 1. The molecule has 0 aliphatic carbocycles. The van der Waals surface area contributed by atoms with Gasteiger partial charge in [-0.2, -0.15) is 0 Å². The molecule has 1 heterocycles. The highest BCUT2D eigenvalue weighted by atomic mass is 16.5. The third kappa shape index (κ3) is 2.22. The quantitative estimate of drug-likeness (QED) is 0.701. The minimum Gasteiger partial charge on any atom is -0.457 e. The summed E-state index contributed by atoms with van der Waals surface area (Å²) in [7, 11) is 0. The minimum absolute atomic E-state index is 0.725. The van der Waals surface area contributed by atoms with E-state index in [1.165, 1.54) is 0 Å². The van der Waals surface area contributed by atoms with E-state index >= 15 is 0 Å². The molecular formula is C16H14N2O. The maximum absolute atomic E-state index is 5.91. The molecule has 0 amide bonds. The number of aromatic nitrogens is 1. The van der Waals surface area contributed by atoms with Gasteiger partial charge >= 0.3 is 0 Å². The minimum atomic E-state index is 0.725. The second-order valence-corrected chi connectivity index (χ2v) is 4.45. The Hall–Kier alpha value is -2.55. The molecule has 3 rings (SSSR count). The van der Waals surface area contributed by atoms with Gasteiger partial charge in [-0.25, -0.2) is 0 Å². The number of nitrogen functional groups attached to an aromatic ring is 1. The second kappa shape index (κ2) is 4.61. The molecule has 94 valence electrons. The van der Waals surface area contributed by atoms with Crippen LogP contribution in [-0.4, -0.2) is 4.98 Å². The van der Waals surface area contributed by atoms with Gasteiger partial charge in [0.2, 0.25) is 0 Å². The molecule has 1 aromatic heterocycles. The summed E-state index contributed by atoms with van der Waals surface area (Å²) in [5, 5.41) is 1.01. The Morgan fingerprint density at radius 1 is 1.00 bits per heavy atom. The molecule has 0 radical (unpaired) electrons. The number of hydrogen-bond donors (Lipinski definition) is 1. The zero-order valence-electron chi connectivity index (χ0n) is 10.6. The molecule has 0 unspecified atom stereocenters. The summed E-state index contributed by atoms with van der Waals surface area (Å²) in [4.78, 5) is 4.40. The summed E-state index contributed by atoms with van der Waals surface area (Å²) < 4.78 is 5.91. The number of rotatable bonds is 2. The summed E-state index contributed by atoms with van der Waals surface area (Å²) in [6.07, 6.45) is 1.77. The molecule has 19 heavy (non-hydrogen) atoms. The van der Waals surface area contributed by atoms with Crippen molar-refractivity contribution >= 4 is 16.6 Å². The predicted molar refractivity (Wildman–Crippen MR) is 77.4 cm³/mol.